The zero-order valence-electron chi connectivity index (χ0n) is 19.1. The predicted octanol–water partition coefficient (Wildman–Crippen LogP) is 1.10. The number of carbonyl (C=O) groups excluding carboxylic acids is 2. The summed E-state index contributed by atoms with van der Waals surface area (Å²) in [6.45, 7) is 4.15. The molecule has 1 atom stereocenters. The molecule has 2 rings (SSSR count). The summed E-state index contributed by atoms with van der Waals surface area (Å²) in [7, 11) is 0. The zero-order chi connectivity index (χ0) is 25.1. The van der Waals surface area contributed by atoms with Crippen molar-refractivity contribution in [1.29, 1.82) is 0 Å². The summed E-state index contributed by atoms with van der Waals surface area (Å²) in [4.78, 5) is 34.6. The summed E-state index contributed by atoms with van der Waals surface area (Å²) in [5, 5.41) is 18.9. The molecule has 0 radical (unpaired) electrons. The van der Waals surface area contributed by atoms with Gasteiger partial charge in [-0.3, -0.25) is 30.5 Å². The molecule has 0 spiro atoms. The number of hydrogen-bond acceptors (Lipinski definition) is 9. The summed E-state index contributed by atoms with van der Waals surface area (Å²) < 4.78 is 40.3. The minimum atomic E-state index is -4.72. The van der Waals surface area contributed by atoms with Gasteiger partial charge in [0, 0.05) is 38.8 Å². The lowest BCUT2D eigenvalue weighted by molar-refractivity contribution is -0.154. The molecule has 14 heteroatoms. The number of amides is 2. The first kappa shape index (κ1) is 27.5. The molecule has 1 aliphatic heterocycles. The lowest BCUT2D eigenvalue weighted by Crippen LogP contribution is -2.47. The lowest BCUT2D eigenvalue weighted by Gasteiger charge is -2.35. The molecule has 2 amide bonds. The number of β-amino-alcohol motifs (C(OH)–C–C–N with tert-alkyl or cyclic N) is 1. The third kappa shape index (κ3) is 8.57. The Morgan fingerprint density at radius 1 is 1.26 bits per heavy atom. The molecule has 1 aromatic heterocycles. The van der Waals surface area contributed by atoms with Crippen LogP contribution in [-0.4, -0.2) is 88.4 Å². The van der Waals surface area contributed by atoms with E-state index >= 15 is 0 Å². The van der Waals surface area contributed by atoms with Crippen molar-refractivity contribution >= 4 is 24.1 Å². The first-order chi connectivity index (χ1) is 16.2. The van der Waals surface area contributed by atoms with Crippen LogP contribution in [0.5, 0.6) is 0 Å². The van der Waals surface area contributed by atoms with Crippen LogP contribution >= 0.6 is 0 Å². The Bertz CT molecular complexity index is 792. The van der Waals surface area contributed by atoms with Gasteiger partial charge < -0.3 is 10.0 Å². The minimum absolute atomic E-state index is 0.000176. The number of rotatable bonds is 13. The van der Waals surface area contributed by atoms with Gasteiger partial charge in [-0.1, -0.05) is 26.2 Å². The fraction of sp³-hybridized carbons (Fsp3) is 0.700. The van der Waals surface area contributed by atoms with Crippen LogP contribution in [-0.2, 0) is 15.8 Å². The smallest absolute Gasteiger partial charge is 0.395 e. The molecule has 0 saturated carbocycles. The first-order valence-electron chi connectivity index (χ1n) is 11.2. The third-order valence-electron chi connectivity index (χ3n) is 5.47. The van der Waals surface area contributed by atoms with Gasteiger partial charge >= 0.3 is 6.18 Å². The highest BCUT2D eigenvalue weighted by molar-refractivity contribution is 5.80. The topological polar surface area (TPSA) is 134 Å². The zero-order valence-corrected chi connectivity index (χ0v) is 19.1. The molecule has 192 valence electrons. The molecular formula is C20H32F3N7O4. The normalized spacial score (nSPS) is 15.6. The second-order valence-electron chi connectivity index (χ2n) is 8.02. The van der Waals surface area contributed by atoms with Gasteiger partial charge in [0.05, 0.1) is 19.1 Å². The van der Waals surface area contributed by atoms with Crippen molar-refractivity contribution < 1.29 is 33.1 Å². The van der Waals surface area contributed by atoms with E-state index in [2.05, 4.69) is 20.8 Å². The quantitative estimate of drug-likeness (QED) is 0.138. The van der Waals surface area contributed by atoms with Crippen molar-refractivity contribution in [2.75, 3.05) is 56.2 Å². The molecule has 11 nitrogen and oxygen atoms in total. The van der Waals surface area contributed by atoms with Gasteiger partial charge in [-0.05, 0) is 6.42 Å². The number of hydrazine groups is 1. The van der Waals surface area contributed by atoms with E-state index in [-0.39, 0.29) is 25.4 Å². The summed E-state index contributed by atoms with van der Waals surface area (Å²) in [5.41, 5.74) is 3.49. The van der Waals surface area contributed by atoms with Gasteiger partial charge in [0.1, 0.15) is 5.82 Å². The van der Waals surface area contributed by atoms with Crippen molar-refractivity contribution in [2.45, 2.75) is 38.8 Å². The van der Waals surface area contributed by atoms with E-state index in [0.29, 0.717) is 50.6 Å². The number of aliphatic hydroxyl groups is 1. The molecule has 0 aliphatic carbocycles. The van der Waals surface area contributed by atoms with Crippen LogP contribution < -0.4 is 15.8 Å². The van der Waals surface area contributed by atoms with Crippen LogP contribution in [0.3, 0.4) is 0 Å². The van der Waals surface area contributed by atoms with Crippen molar-refractivity contribution in [2.24, 2.45) is 5.92 Å². The number of aromatic nitrogens is 2. The van der Waals surface area contributed by atoms with Gasteiger partial charge in [0.15, 0.2) is 5.69 Å². The van der Waals surface area contributed by atoms with Crippen LogP contribution in [0.2, 0.25) is 0 Å². The number of hydrogen-bond donors (Lipinski definition) is 4. The third-order valence-corrected chi connectivity index (χ3v) is 5.47. The Hall–Kier alpha value is -2.71. The minimum Gasteiger partial charge on any atom is -0.395 e. The molecule has 1 aliphatic rings. The van der Waals surface area contributed by atoms with Gasteiger partial charge in [0.25, 0.3) is 0 Å². The maximum Gasteiger partial charge on any atom is 0.433 e. The fourth-order valence-electron chi connectivity index (χ4n) is 3.57. The second kappa shape index (κ2) is 13.2. The van der Waals surface area contributed by atoms with E-state index in [9.17, 15) is 28.0 Å². The number of nitrogens with zero attached hydrogens (tertiary/aromatic N) is 5. The van der Waals surface area contributed by atoms with E-state index in [1.807, 2.05) is 11.8 Å². The highest BCUT2D eigenvalue weighted by Crippen LogP contribution is 2.30. The van der Waals surface area contributed by atoms with E-state index in [1.54, 1.807) is 4.90 Å². The number of piperazine rings is 1. The van der Waals surface area contributed by atoms with Gasteiger partial charge in [-0.25, -0.2) is 10.0 Å². The second-order valence-corrected chi connectivity index (χ2v) is 8.02. The monoisotopic (exact) mass is 491 g/mol. The standard InChI is InChI=1S/C20H32F3N7O4/c1-2-3-4-5-15(13-30(34)14-32)18(33)26-27-19-24-16(20(21,22)23)12-17(25-19)29-8-6-28(7-9-29)10-11-31/h12,14-15,31,34H,2-11,13H2,1H3,(H,26,33)(H,24,25,27)/t15-/m1/s1. The average molecular weight is 492 g/mol. The Balaban J connectivity index is 2.12. The van der Waals surface area contributed by atoms with Crippen LogP contribution in [0.15, 0.2) is 6.07 Å². The van der Waals surface area contributed by atoms with Gasteiger partial charge in [0.2, 0.25) is 18.3 Å². The summed E-state index contributed by atoms with van der Waals surface area (Å²) in [6, 6.07) is 0.857. The highest BCUT2D eigenvalue weighted by Gasteiger charge is 2.35. The molecule has 0 bridgehead atoms. The van der Waals surface area contributed by atoms with Crippen molar-refractivity contribution in [1.82, 2.24) is 25.4 Å². The first-order valence-corrected chi connectivity index (χ1v) is 11.2. The molecule has 0 aromatic carbocycles. The molecule has 1 fully saturated rings. The predicted molar refractivity (Wildman–Crippen MR) is 117 cm³/mol. The fourth-order valence-corrected chi connectivity index (χ4v) is 3.57. The molecule has 1 aromatic rings. The maximum atomic E-state index is 13.4. The number of aliphatic hydroxyl groups excluding tert-OH is 1. The average Bonchev–Trinajstić information content (AvgIpc) is 2.81. The van der Waals surface area contributed by atoms with Crippen molar-refractivity contribution in [3.8, 4) is 0 Å². The number of hydroxylamine groups is 2. The molecule has 4 N–H and O–H groups in total. The van der Waals surface area contributed by atoms with Crippen molar-refractivity contribution in [3.05, 3.63) is 11.8 Å². The largest absolute Gasteiger partial charge is 0.433 e. The van der Waals surface area contributed by atoms with E-state index in [0.717, 1.165) is 18.9 Å². The van der Waals surface area contributed by atoms with Crippen LogP contribution in [0.4, 0.5) is 24.9 Å². The van der Waals surface area contributed by atoms with Crippen molar-refractivity contribution in [3.63, 3.8) is 0 Å². The molecule has 34 heavy (non-hydrogen) atoms. The van der Waals surface area contributed by atoms with E-state index in [1.165, 1.54) is 0 Å². The van der Waals surface area contributed by atoms with Crippen LogP contribution in [0.25, 0.3) is 0 Å². The summed E-state index contributed by atoms with van der Waals surface area (Å²) in [6.07, 6.45) is -1.75. The molecular weight excluding hydrogens is 459 g/mol. The maximum absolute atomic E-state index is 13.4. The van der Waals surface area contributed by atoms with Gasteiger partial charge in [-0.2, -0.15) is 18.2 Å². The molecule has 2 heterocycles. The number of nitrogens with one attached hydrogen (secondary N) is 2. The Kier molecular flexibility index (Phi) is 10.7. The highest BCUT2D eigenvalue weighted by atomic mass is 19.4. The number of anilines is 2. The van der Waals surface area contributed by atoms with E-state index in [4.69, 9.17) is 5.11 Å². The Morgan fingerprint density at radius 2 is 1.97 bits per heavy atom. The van der Waals surface area contributed by atoms with Crippen LogP contribution in [0, 0.1) is 5.92 Å². The van der Waals surface area contributed by atoms with Gasteiger partial charge in [-0.15, -0.1) is 0 Å². The number of halogens is 3. The molecule has 1 saturated heterocycles. The lowest BCUT2D eigenvalue weighted by atomic mass is 10.0. The molecule has 0 unspecified atom stereocenters. The Labute approximate surface area is 195 Å². The Morgan fingerprint density at radius 3 is 2.56 bits per heavy atom. The van der Waals surface area contributed by atoms with Crippen LogP contribution in [0.1, 0.15) is 38.3 Å². The number of alkyl halides is 3. The number of unbranched alkanes of at least 4 members (excludes halogenated alkanes) is 2. The summed E-state index contributed by atoms with van der Waals surface area (Å²) in [5.74, 6) is -1.76. The number of carbonyl (C=O) groups is 2. The SMILES string of the molecule is CCCCC[C@H](CN(O)C=O)C(=O)NNc1nc(N2CCN(CCO)CC2)cc(C(F)(F)F)n1. The summed E-state index contributed by atoms with van der Waals surface area (Å²) >= 11 is 0. The van der Waals surface area contributed by atoms with E-state index < -0.39 is 29.6 Å².